The molecule has 0 aromatic heterocycles. The minimum absolute atomic E-state index is 0. The second kappa shape index (κ2) is 9.75. The van der Waals surface area contributed by atoms with Crippen LogP contribution in [0.15, 0.2) is 24.3 Å². The van der Waals surface area contributed by atoms with Crippen LogP contribution in [-0.4, -0.2) is 50.2 Å². The summed E-state index contributed by atoms with van der Waals surface area (Å²) in [6.45, 7) is 4.34. The van der Waals surface area contributed by atoms with E-state index in [-0.39, 0.29) is 42.6 Å². The summed E-state index contributed by atoms with van der Waals surface area (Å²) >= 11 is 0. The summed E-state index contributed by atoms with van der Waals surface area (Å²) in [5, 5.41) is 10.5. The van der Waals surface area contributed by atoms with Gasteiger partial charge in [-0.05, 0) is 30.7 Å². The Bertz CT molecular complexity index is 505. The topological polar surface area (TPSA) is 55.8 Å². The van der Waals surface area contributed by atoms with E-state index in [1.807, 2.05) is 24.3 Å². The molecule has 0 radical (unpaired) electrons. The Morgan fingerprint density at radius 3 is 2.41 bits per heavy atom. The summed E-state index contributed by atoms with van der Waals surface area (Å²) in [5.74, 6) is 2.22. The summed E-state index contributed by atoms with van der Waals surface area (Å²) in [5.41, 5.74) is 1.14. The molecular formula is C16H19N2NaO3. The van der Waals surface area contributed by atoms with Crippen molar-refractivity contribution in [2.45, 2.75) is 6.42 Å². The van der Waals surface area contributed by atoms with Crippen molar-refractivity contribution in [2.75, 3.05) is 44.2 Å². The van der Waals surface area contributed by atoms with Gasteiger partial charge in [-0.15, -0.1) is 6.42 Å². The van der Waals surface area contributed by atoms with Crippen molar-refractivity contribution in [3.63, 3.8) is 0 Å². The average Bonchev–Trinajstić information content (AvgIpc) is 2.52. The summed E-state index contributed by atoms with van der Waals surface area (Å²) in [4.78, 5) is 14.9. The second-order valence-electron chi connectivity index (χ2n) is 4.94. The van der Waals surface area contributed by atoms with Gasteiger partial charge in [0.25, 0.3) is 0 Å². The van der Waals surface area contributed by atoms with E-state index < -0.39 is 5.97 Å². The minimum atomic E-state index is -0.986. The number of carbonyl (C=O) groups excluding carboxylic acids is 1. The number of rotatable bonds is 6. The molecule has 1 heterocycles. The first-order chi connectivity index (χ1) is 10.2. The number of hydrogen-bond acceptors (Lipinski definition) is 5. The number of piperazine rings is 1. The van der Waals surface area contributed by atoms with Crippen molar-refractivity contribution >= 4 is 11.7 Å². The van der Waals surface area contributed by atoms with Crippen LogP contribution in [0.2, 0.25) is 0 Å². The van der Waals surface area contributed by atoms with Crippen LogP contribution in [0.1, 0.15) is 6.42 Å². The predicted octanol–water partition coefficient (Wildman–Crippen LogP) is -3.04. The Balaban J connectivity index is 0.00000242. The first-order valence-corrected chi connectivity index (χ1v) is 7.02. The van der Waals surface area contributed by atoms with Crippen LogP contribution in [0.25, 0.3) is 0 Å². The molecule has 5 nitrogen and oxygen atoms in total. The first-order valence-electron chi connectivity index (χ1n) is 7.02. The van der Waals surface area contributed by atoms with E-state index in [0.29, 0.717) is 6.54 Å². The molecule has 1 saturated heterocycles. The third-order valence-corrected chi connectivity index (χ3v) is 3.53. The molecular weight excluding hydrogens is 291 g/mol. The number of aliphatic carboxylic acids is 1. The summed E-state index contributed by atoms with van der Waals surface area (Å²) in [7, 11) is 0. The fraction of sp³-hybridized carbons (Fsp3) is 0.438. The molecule has 1 aromatic carbocycles. The third kappa shape index (κ3) is 5.90. The van der Waals surface area contributed by atoms with Crippen molar-refractivity contribution in [3.8, 4) is 18.1 Å². The van der Waals surface area contributed by atoms with Crippen molar-refractivity contribution in [1.82, 2.24) is 4.90 Å². The number of carboxylic acids is 1. The van der Waals surface area contributed by atoms with Gasteiger partial charge in [0.05, 0.1) is 0 Å². The number of benzene rings is 1. The van der Waals surface area contributed by atoms with Crippen LogP contribution >= 0.6 is 0 Å². The second-order valence-corrected chi connectivity index (χ2v) is 4.94. The van der Waals surface area contributed by atoms with E-state index in [9.17, 15) is 9.90 Å². The Morgan fingerprint density at radius 1 is 1.23 bits per heavy atom. The average molecular weight is 310 g/mol. The standard InChI is InChI=1S/C16H20N2O3.Na/c1-2-13-21-15-5-3-14(4-6-15)18-11-9-17(10-12-18)8-7-16(19)20;/h1,3-6H,7-13H2,(H,19,20);/q;+1/p-1. The minimum Gasteiger partial charge on any atom is -0.550 e. The van der Waals surface area contributed by atoms with Crippen LogP contribution in [0.5, 0.6) is 5.75 Å². The molecule has 0 amide bonds. The van der Waals surface area contributed by atoms with Gasteiger partial charge in [0, 0.05) is 44.4 Å². The Kier molecular flexibility index (Phi) is 8.36. The van der Waals surface area contributed by atoms with Crippen LogP contribution in [0, 0.1) is 12.3 Å². The largest absolute Gasteiger partial charge is 1.00 e. The molecule has 6 heteroatoms. The number of hydrogen-bond donors (Lipinski definition) is 0. The molecule has 0 bridgehead atoms. The quantitative estimate of drug-likeness (QED) is 0.413. The van der Waals surface area contributed by atoms with E-state index >= 15 is 0 Å². The summed E-state index contributed by atoms with van der Waals surface area (Å²) in [6, 6.07) is 7.86. The molecule has 22 heavy (non-hydrogen) atoms. The van der Waals surface area contributed by atoms with Gasteiger partial charge in [-0.3, -0.25) is 4.90 Å². The summed E-state index contributed by atoms with van der Waals surface area (Å²) < 4.78 is 5.34. The van der Waals surface area contributed by atoms with Gasteiger partial charge in [-0.2, -0.15) is 0 Å². The third-order valence-electron chi connectivity index (χ3n) is 3.53. The zero-order valence-corrected chi connectivity index (χ0v) is 15.0. The van der Waals surface area contributed by atoms with E-state index in [0.717, 1.165) is 37.6 Å². The molecule has 1 aliphatic heterocycles. The molecule has 2 rings (SSSR count). The van der Waals surface area contributed by atoms with E-state index in [1.54, 1.807) is 0 Å². The van der Waals surface area contributed by atoms with Crippen LogP contribution in [0.4, 0.5) is 5.69 Å². The number of carbonyl (C=O) groups is 1. The van der Waals surface area contributed by atoms with Gasteiger partial charge in [-0.1, -0.05) is 5.92 Å². The van der Waals surface area contributed by atoms with Gasteiger partial charge in [0.15, 0.2) is 0 Å². The fourth-order valence-electron chi connectivity index (χ4n) is 2.36. The number of nitrogens with zero attached hydrogens (tertiary/aromatic N) is 2. The maximum Gasteiger partial charge on any atom is 1.00 e. The fourth-order valence-corrected chi connectivity index (χ4v) is 2.36. The van der Waals surface area contributed by atoms with Gasteiger partial charge in [0.2, 0.25) is 0 Å². The number of ether oxygens (including phenoxy) is 1. The van der Waals surface area contributed by atoms with E-state index in [2.05, 4.69) is 15.7 Å². The first kappa shape index (κ1) is 18.9. The SMILES string of the molecule is C#CCOc1ccc(N2CCN(CCC(=O)[O-])CC2)cc1.[Na+]. The van der Waals surface area contributed by atoms with Gasteiger partial charge in [0.1, 0.15) is 12.4 Å². The predicted molar refractivity (Wildman–Crippen MR) is 79.0 cm³/mol. The molecule has 0 spiro atoms. The van der Waals surface area contributed by atoms with Crippen LogP contribution < -0.4 is 44.3 Å². The number of carboxylic acid groups (broad SMARTS) is 1. The van der Waals surface area contributed by atoms with Crippen molar-refractivity contribution in [2.24, 2.45) is 0 Å². The molecule has 0 aliphatic carbocycles. The Morgan fingerprint density at radius 2 is 1.86 bits per heavy atom. The molecule has 0 unspecified atom stereocenters. The van der Waals surface area contributed by atoms with Gasteiger partial charge < -0.3 is 19.5 Å². The monoisotopic (exact) mass is 310 g/mol. The van der Waals surface area contributed by atoms with Crippen molar-refractivity contribution in [1.29, 1.82) is 0 Å². The van der Waals surface area contributed by atoms with Crippen LogP contribution in [-0.2, 0) is 4.79 Å². The maximum absolute atomic E-state index is 10.5. The summed E-state index contributed by atoms with van der Waals surface area (Å²) in [6.07, 6.45) is 5.25. The van der Waals surface area contributed by atoms with Crippen molar-refractivity contribution in [3.05, 3.63) is 24.3 Å². The molecule has 0 atom stereocenters. The van der Waals surface area contributed by atoms with Gasteiger partial charge in [-0.25, -0.2) is 0 Å². The number of anilines is 1. The van der Waals surface area contributed by atoms with E-state index in [1.165, 1.54) is 0 Å². The Hall–Kier alpha value is -1.19. The molecule has 112 valence electrons. The smallest absolute Gasteiger partial charge is 0.550 e. The normalized spacial score (nSPS) is 14.8. The van der Waals surface area contributed by atoms with Crippen molar-refractivity contribution < 1.29 is 44.2 Å². The molecule has 1 aliphatic rings. The zero-order valence-electron chi connectivity index (χ0n) is 13.0. The van der Waals surface area contributed by atoms with Gasteiger partial charge >= 0.3 is 29.6 Å². The zero-order chi connectivity index (χ0) is 15.1. The maximum atomic E-state index is 10.5. The molecule has 0 saturated carbocycles. The molecule has 1 aromatic rings. The number of terminal acetylenes is 1. The molecule has 0 N–H and O–H groups in total. The van der Waals surface area contributed by atoms with Crippen LogP contribution in [0.3, 0.4) is 0 Å². The van der Waals surface area contributed by atoms with E-state index in [4.69, 9.17) is 11.2 Å². The Labute approximate surface area is 153 Å². The molecule has 1 fully saturated rings.